The average molecular weight is 235 g/mol. The van der Waals surface area contributed by atoms with Gasteiger partial charge in [-0.05, 0) is 36.8 Å². The molecule has 0 fully saturated rings. The summed E-state index contributed by atoms with van der Waals surface area (Å²) in [7, 11) is 0. The highest BCUT2D eigenvalue weighted by Crippen LogP contribution is 2.31. The molecule has 0 aliphatic rings. The highest BCUT2D eigenvalue weighted by molar-refractivity contribution is 6.32. The fourth-order valence-corrected chi connectivity index (χ4v) is 1.52. The summed E-state index contributed by atoms with van der Waals surface area (Å²) in [5, 5.41) is 9.85. The molecular formula is C13H11ClO2. The van der Waals surface area contributed by atoms with Crippen LogP contribution in [0.15, 0.2) is 42.5 Å². The van der Waals surface area contributed by atoms with Crippen LogP contribution < -0.4 is 4.74 Å². The van der Waals surface area contributed by atoms with Crippen molar-refractivity contribution in [2.24, 2.45) is 0 Å². The van der Waals surface area contributed by atoms with Crippen LogP contribution in [0.25, 0.3) is 0 Å². The molecule has 2 aromatic rings. The molecule has 0 unspecified atom stereocenters. The Kier molecular flexibility index (Phi) is 3.02. The second kappa shape index (κ2) is 4.45. The van der Waals surface area contributed by atoms with Crippen molar-refractivity contribution in [3.8, 4) is 17.2 Å². The summed E-state index contributed by atoms with van der Waals surface area (Å²) in [6, 6.07) is 12.2. The summed E-state index contributed by atoms with van der Waals surface area (Å²) in [6.07, 6.45) is 0. The van der Waals surface area contributed by atoms with Crippen LogP contribution in [0.1, 0.15) is 5.56 Å². The summed E-state index contributed by atoms with van der Waals surface area (Å²) >= 11 is 6.00. The highest BCUT2D eigenvalue weighted by atomic mass is 35.5. The van der Waals surface area contributed by atoms with E-state index in [-0.39, 0.29) is 5.75 Å². The Morgan fingerprint density at radius 1 is 1.12 bits per heavy atom. The molecule has 2 aromatic carbocycles. The van der Waals surface area contributed by atoms with Gasteiger partial charge in [0.25, 0.3) is 0 Å². The number of phenolic OH excluding ortho intramolecular Hbond substituents is 1. The molecule has 2 rings (SSSR count). The molecule has 0 bridgehead atoms. The van der Waals surface area contributed by atoms with Gasteiger partial charge in [0.05, 0.1) is 5.02 Å². The lowest BCUT2D eigenvalue weighted by Gasteiger charge is -2.08. The van der Waals surface area contributed by atoms with Crippen molar-refractivity contribution in [3.63, 3.8) is 0 Å². The van der Waals surface area contributed by atoms with Gasteiger partial charge in [-0.1, -0.05) is 23.7 Å². The molecule has 0 atom stereocenters. The van der Waals surface area contributed by atoms with Gasteiger partial charge in [0, 0.05) is 6.07 Å². The zero-order valence-electron chi connectivity index (χ0n) is 8.77. The van der Waals surface area contributed by atoms with Gasteiger partial charge in [-0.25, -0.2) is 0 Å². The predicted molar refractivity (Wildman–Crippen MR) is 64.4 cm³/mol. The van der Waals surface area contributed by atoms with Crippen molar-refractivity contribution in [3.05, 3.63) is 53.1 Å². The fourth-order valence-electron chi connectivity index (χ4n) is 1.36. The first-order valence-corrected chi connectivity index (χ1v) is 5.26. The van der Waals surface area contributed by atoms with Crippen molar-refractivity contribution in [2.75, 3.05) is 0 Å². The third-order valence-corrected chi connectivity index (χ3v) is 2.44. The molecule has 0 amide bonds. The van der Waals surface area contributed by atoms with E-state index < -0.39 is 0 Å². The molecule has 0 spiro atoms. The summed E-state index contributed by atoms with van der Waals surface area (Å²) in [5.41, 5.74) is 1.07. The summed E-state index contributed by atoms with van der Waals surface area (Å²) in [4.78, 5) is 0. The summed E-state index contributed by atoms with van der Waals surface area (Å²) in [5.74, 6) is 1.32. The van der Waals surface area contributed by atoms with Crippen LogP contribution >= 0.6 is 11.6 Å². The van der Waals surface area contributed by atoms with Crippen LogP contribution in [0.2, 0.25) is 5.02 Å². The standard InChI is InChI=1S/C13H11ClO2/c1-9-5-6-12(14)13(7-9)16-11-4-2-3-10(15)8-11/h2-8,15H,1H3. The predicted octanol–water partition coefficient (Wildman–Crippen LogP) is 4.15. The molecule has 0 aromatic heterocycles. The number of ether oxygens (including phenoxy) is 1. The maximum atomic E-state index is 9.30. The zero-order chi connectivity index (χ0) is 11.5. The fraction of sp³-hybridized carbons (Fsp3) is 0.0769. The van der Waals surface area contributed by atoms with E-state index in [0.717, 1.165) is 5.56 Å². The number of benzene rings is 2. The van der Waals surface area contributed by atoms with Crippen molar-refractivity contribution in [1.82, 2.24) is 0 Å². The van der Waals surface area contributed by atoms with Gasteiger partial charge in [-0.3, -0.25) is 0 Å². The molecule has 0 aliphatic heterocycles. The molecule has 82 valence electrons. The molecule has 0 heterocycles. The molecule has 3 heteroatoms. The largest absolute Gasteiger partial charge is 0.508 e. The number of aromatic hydroxyl groups is 1. The van der Waals surface area contributed by atoms with Crippen molar-refractivity contribution in [2.45, 2.75) is 6.92 Å². The number of phenols is 1. The van der Waals surface area contributed by atoms with Crippen LogP contribution in [0, 0.1) is 6.92 Å². The van der Waals surface area contributed by atoms with Gasteiger partial charge in [0.2, 0.25) is 0 Å². The van der Waals surface area contributed by atoms with Crippen LogP contribution in [0.5, 0.6) is 17.2 Å². The topological polar surface area (TPSA) is 29.5 Å². The van der Waals surface area contributed by atoms with Gasteiger partial charge < -0.3 is 9.84 Å². The van der Waals surface area contributed by atoms with Gasteiger partial charge in [-0.15, -0.1) is 0 Å². The number of hydrogen-bond donors (Lipinski definition) is 1. The van der Waals surface area contributed by atoms with E-state index in [9.17, 15) is 5.11 Å². The SMILES string of the molecule is Cc1ccc(Cl)c(Oc2cccc(O)c2)c1. The molecule has 0 saturated heterocycles. The Morgan fingerprint density at radius 2 is 1.94 bits per heavy atom. The Balaban J connectivity index is 2.30. The van der Waals surface area contributed by atoms with E-state index in [2.05, 4.69) is 0 Å². The van der Waals surface area contributed by atoms with Gasteiger partial charge in [0.1, 0.15) is 17.2 Å². The third kappa shape index (κ3) is 2.47. The van der Waals surface area contributed by atoms with Crippen molar-refractivity contribution in [1.29, 1.82) is 0 Å². The maximum Gasteiger partial charge on any atom is 0.146 e. The Labute approximate surface area is 99.1 Å². The summed E-state index contributed by atoms with van der Waals surface area (Å²) in [6.45, 7) is 1.96. The lowest BCUT2D eigenvalue weighted by Crippen LogP contribution is -1.85. The molecule has 0 saturated carbocycles. The Bertz CT molecular complexity index is 509. The van der Waals surface area contributed by atoms with E-state index in [0.29, 0.717) is 16.5 Å². The quantitative estimate of drug-likeness (QED) is 0.846. The number of hydrogen-bond acceptors (Lipinski definition) is 2. The van der Waals surface area contributed by atoms with E-state index in [1.165, 1.54) is 0 Å². The monoisotopic (exact) mass is 234 g/mol. The average Bonchev–Trinajstić information content (AvgIpc) is 2.24. The molecule has 2 nitrogen and oxygen atoms in total. The molecule has 1 N–H and O–H groups in total. The highest BCUT2D eigenvalue weighted by Gasteiger charge is 2.03. The normalized spacial score (nSPS) is 10.1. The number of rotatable bonds is 2. The molecule has 16 heavy (non-hydrogen) atoms. The minimum absolute atomic E-state index is 0.168. The summed E-state index contributed by atoms with van der Waals surface area (Å²) < 4.78 is 5.58. The first-order valence-electron chi connectivity index (χ1n) is 4.88. The third-order valence-electron chi connectivity index (χ3n) is 2.13. The van der Waals surface area contributed by atoms with Crippen LogP contribution in [-0.2, 0) is 0 Å². The van der Waals surface area contributed by atoms with E-state index in [4.69, 9.17) is 16.3 Å². The van der Waals surface area contributed by atoms with Gasteiger partial charge >= 0.3 is 0 Å². The molecule has 0 radical (unpaired) electrons. The second-order valence-corrected chi connectivity index (χ2v) is 3.94. The smallest absolute Gasteiger partial charge is 0.146 e. The first kappa shape index (κ1) is 10.8. The maximum absolute atomic E-state index is 9.30. The van der Waals surface area contributed by atoms with Crippen LogP contribution in [0.3, 0.4) is 0 Å². The van der Waals surface area contributed by atoms with Crippen LogP contribution in [-0.4, -0.2) is 5.11 Å². The first-order chi connectivity index (χ1) is 7.65. The van der Waals surface area contributed by atoms with Gasteiger partial charge in [0.15, 0.2) is 0 Å². The number of halogens is 1. The van der Waals surface area contributed by atoms with Crippen molar-refractivity contribution < 1.29 is 9.84 Å². The minimum Gasteiger partial charge on any atom is -0.508 e. The van der Waals surface area contributed by atoms with E-state index in [1.807, 2.05) is 19.1 Å². The lowest BCUT2D eigenvalue weighted by molar-refractivity contribution is 0.455. The number of aryl methyl sites for hydroxylation is 1. The zero-order valence-corrected chi connectivity index (χ0v) is 9.53. The molecule has 0 aliphatic carbocycles. The lowest BCUT2D eigenvalue weighted by atomic mass is 10.2. The van der Waals surface area contributed by atoms with E-state index in [1.54, 1.807) is 30.3 Å². The Morgan fingerprint density at radius 3 is 2.69 bits per heavy atom. The van der Waals surface area contributed by atoms with Gasteiger partial charge in [-0.2, -0.15) is 0 Å². The second-order valence-electron chi connectivity index (χ2n) is 3.53. The van der Waals surface area contributed by atoms with Crippen LogP contribution in [0.4, 0.5) is 0 Å². The molecular weight excluding hydrogens is 224 g/mol. The Hall–Kier alpha value is -1.67. The minimum atomic E-state index is 0.168. The van der Waals surface area contributed by atoms with E-state index >= 15 is 0 Å². The van der Waals surface area contributed by atoms with Crippen molar-refractivity contribution >= 4 is 11.6 Å².